The summed E-state index contributed by atoms with van der Waals surface area (Å²) in [6, 6.07) is 14.4. The van der Waals surface area contributed by atoms with Gasteiger partial charge in [-0.3, -0.25) is 9.59 Å². The third-order valence-corrected chi connectivity index (χ3v) is 3.95. The molecule has 0 radical (unpaired) electrons. The van der Waals surface area contributed by atoms with E-state index in [1.165, 1.54) is 0 Å². The van der Waals surface area contributed by atoms with Gasteiger partial charge in [0.05, 0.1) is 0 Å². The van der Waals surface area contributed by atoms with Gasteiger partial charge in [-0.15, -0.1) is 0 Å². The predicted octanol–water partition coefficient (Wildman–Crippen LogP) is 3.17. The Morgan fingerprint density at radius 3 is 2.57 bits per heavy atom. The van der Waals surface area contributed by atoms with Crippen LogP contribution in [0, 0.1) is 0 Å². The average molecular weight is 300 g/mol. The molecule has 4 heteroatoms. The van der Waals surface area contributed by atoms with Gasteiger partial charge in [-0.1, -0.05) is 48.0 Å². The van der Waals surface area contributed by atoms with Gasteiger partial charge in [0.15, 0.2) is 5.78 Å². The minimum Gasteiger partial charge on any atom is -0.355 e. The number of benzene rings is 2. The highest BCUT2D eigenvalue weighted by Crippen LogP contribution is 2.29. The Bertz CT molecular complexity index is 697. The zero-order valence-electron chi connectivity index (χ0n) is 11.3. The lowest BCUT2D eigenvalue weighted by Gasteiger charge is -2.14. The van der Waals surface area contributed by atoms with E-state index in [9.17, 15) is 9.59 Å². The van der Waals surface area contributed by atoms with Crippen LogP contribution in [0.5, 0.6) is 0 Å². The molecule has 0 saturated carbocycles. The zero-order valence-corrected chi connectivity index (χ0v) is 12.1. The highest BCUT2D eigenvalue weighted by atomic mass is 35.5. The van der Waals surface area contributed by atoms with Crippen molar-refractivity contribution in [2.24, 2.45) is 0 Å². The predicted molar refractivity (Wildman–Crippen MR) is 81.7 cm³/mol. The van der Waals surface area contributed by atoms with Crippen molar-refractivity contribution in [3.63, 3.8) is 0 Å². The summed E-state index contributed by atoms with van der Waals surface area (Å²) >= 11 is 6.05. The van der Waals surface area contributed by atoms with E-state index in [4.69, 9.17) is 11.6 Å². The Kier molecular flexibility index (Phi) is 3.76. The van der Waals surface area contributed by atoms with Crippen LogP contribution in [0.25, 0.3) is 0 Å². The Morgan fingerprint density at radius 2 is 1.90 bits per heavy atom. The van der Waals surface area contributed by atoms with Gasteiger partial charge in [0.25, 0.3) is 0 Å². The van der Waals surface area contributed by atoms with Crippen molar-refractivity contribution < 1.29 is 9.59 Å². The molecule has 106 valence electrons. The molecule has 0 spiro atoms. The van der Waals surface area contributed by atoms with Gasteiger partial charge in [-0.2, -0.15) is 0 Å². The van der Waals surface area contributed by atoms with Crippen LogP contribution in [-0.2, 0) is 4.79 Å². The molecule has 0 unspecified atom stereocenters. The van der Waals surface area contributed by atoms with Gasteiger partial charge in [0, 0.05) is 35.0 Å². The molecule has 1 saturated heterocycles. The van der Waals surface area contributed by atoms with Crippen molar-refractivity contribution in [1.82, 2.24) is 5.32 Å². The maximum Gasteiger partial charge on any atom is 0.220 e. The maximum absolute atomic E-state index is 12.7. The largest absolute Gasteiger partial charge is 0.355 e. The smallest absolute Gasteiger partial charge is 0.220 e. The van der Waals surface area contributed by atoms with Crippen LogP contribution in [0.4, 0.5) is 0 Å². The second-order valence-electron chi connectivity index (χ2n) is 5.13. The second-order valence-corrected chi connectivity index (χ2v) is 5.57. The zero-order chi connectivity index (χ0) is 14.8. The molecule has 2 aromatic carbocycles. The molecule has 3 nitrogen and oxygen atoms in total. The highest BCUT2D eigenvalue weighted by Gasteiger charge is 2.27. The number of nitrogens with one attached hydrogen (secondary N) is 1. The third-order valence-electron chi connectivity index (χ3n) is 3.71. The van der Waals surface area contributed by atoms with Crippen LogP contribution in [0.3, 0.4) is 0 Å². The van der Waals surface area contributed by atoms with Crippen molar-refractivity contribution in [3.8, 4) is 0 Å². The summed E-state index contributed by atoms with van der Waals surface area (Å²) in [6.45, 7) is 0.565. The molecule has 0 aliphatic carbocycles. The number of carbonyl (C=O) groups excluding carboxylic acids is 2. The van der Waals surface area contributed by atoms with E-state index in [-0.39, 0.29) is 17.6 Å². The van der Waals surface area contributed by atoms with E-state index in [1.807, 2.05) is 24.3 Å². The molecule has 0 aromatic heterocycles. The van der Waals surface area contributed by atoms with Crippen LogP contribution in [-0.4, -0.2) is 18.2 Å². The number of hydrogen-bond acceptors (Lipinski definition) is 2. The molecule has 0 bridgehead atoms. The average Bonchev–Trinajstić information content (AvgIpc) is 2.93. The van der Waals surface area contributed by atoms with Gasteiger partial charge in [0.2, 0.25) is 5.91 Å². The fourth-order valence-corrected chi connectivity index (χ4v) is 2.82. The van der Waals surface area contributed by atoms with Gasteiger partial charge in [-0.25, -0.2) is 0 Å². The molecule has 1 atom stereocenters. The van der Waals surface area contributed by atoms with Gasteiger partial charge >= 0.3 is 0 Å². The van der Waals surface area contributed by atoms with Crippen LogP contribution in [0.1, 0.15) is 33.8 Å². The summed E-state index contributed by atoms with van der Waals surface area (Å²) in [5, 5.41) is 3.33. The molecule has 21 heavy (non-hydrogen) atoms. The Hall–Kier alpha value is -2.13. The number of amides is 1. The SMILES string of the molecule is O=C1C[C@H](c2ccc(Cl)cc2C(=O)c2ccccc2)CN1. The monoisotopic (exact) mass is 299 g/mol. The summed E-state index contributed by atoms with van der Waals surface area (Å²) in [6.07, 6.45) is 0.413. The van der Waals surface area contributed by atoms with E-state index in [1.54, 1.807) is 24.3 Å². The number of carbonyl (C=O) groups is 2. The summed E-state index contributed by atoms with van der Waals surface area (Å²) < 4.78 is 0. The normalized spacial score (nSPS) is 17.6. The van der Waals surface area contributed by atoms with E-state index >= 15 is 0 Å². The lowest BCUT2D eigenvalue weighted by molar-refractivity contribution is -0.119. The summed E-state index contributed by atoms with van der Waals surface area (Å²) in [4.78, 5) is 24.1. The van der Waals surface area contributed by atoms with Crippen LogP contribution < -0.4 is 5.32 Å². The first kappa shape index (κ1) is 13.8. The fourth-order valence-electron chi connectivity index (χ4n) is 2.65. The van der Waals surface area contributed by atoms with E-state index in [2.05, 4.69) is 5.32 Å². The van der Waals surface area contributed by atoms with Gasteiger partial charge in [0.1, 0.15) is 0 Å². The topological polar surface area (TPSA) is 46.2 Å². The molecule has 3 rings (SSSR count). The molecule has 2 aromatic rings. The molecule has 1 N–H and O–H groups in total. The molecule has 1 heterocycles. The van der Waals surface area contributed by atoms with Gasteiger partial charge in [-0.05, 0) is 17.7 Å². The van der Waals surface area contributed by atoms with Gasteiger partial charge < -0.3 is 5.32 Å². The number of ketones is 1. The molecule has 1 amide bonds. The first-order valence-corrected chi connectivity index (χ1v) is 7.19. The Balaban J connectivity index is 2.03. The van der Waals surface area contributed by atoms with E-state index < -0.39 is 0 Å². The first-order chi connectivity index (χ1) is 10.1. The Morgan fingerprint density at radius 1 is 1.14 bits per heavy atom. The standard InChI is InChI=1S/C17H14ClNO2/c18-13-6-7-14(12-8-16(20)19-10-12)15(9-13)17(21)11-4-2-1-3-5-11/h1-7,9,12H,8,10H2,(H,19,20)/t12-/m0/s1. The fraction of sp³-hybridized carbons (Fsp3) is 0.176. The van der Waals surface area contributed by atoms with Crippen molar-refractivity contribution in [2.75, 3.05) is 6.54 Å². The van der Waals surface area contributed by atoms with Crippen molar-refractivity contribution in [2.45, 2.75) is 12.3 Å². The lowest BCUT2D eigenvalue weighted by atomic mass is 9.89. The van der Waals surface area contributed by atoms with Crippen LogP contribution in [0.2, 0.25) is 5.02 Å². The van der Waals surface area contributed by atoms with Crippen LogP contribution in [0.15, 0.2) is 48.5 Å². The van der Waals surface area contributed by atoms with Crippen molar-refractivity contribution in [3.05, 3.63) is 70.2 Å². The summed E-state index contributed by atoms with van der Waals surface area (Å²) in [7, 11) is 0. The summed E-state index contributed by atoms with van der Waals surface area (Å²) in [5.41, 5.74) is 2.08. The van der Waals surface area contributed by atoms with Crippen molar-refractivity contribution >= 4 is 23.3 Å². The minimum absolute atomic E-state index is 0.0214. The van der Waals surface area contributed by atoms with Crippen molar-refractivity contribution in [1.29, 1.82) is 0 Å². The van der Waals surface area contributed by atoms with Crippen LogP contribution >= 0.6 is 11.6 Å². The molecular weight excluding hydrogens is 286 g/mol. The molecular formula is C17H14ClNO2. The highest BCUT2D eigenvalue weighted by molar-refractivity contribution is 6.31. The molecule has 1 aliphatic rings. The third kappa shape index (κ3) is 2.83. The molecule has 1 fully saturated rings. The quantitative estimate of drug-likeness (QED) is 0.885. The first-order valence-electron chi connectivity index (χ1n) is 6.81. The summed E-state index contributed by atoms with van der Waals surface area (Å²) in [5.74, 6) is -0.0158. The molecule has 1 aliphatic heterocycles. The van der Waals surface area contributed by atoms with E-state index in [0.29, 0.717) is 29.1 Å². The lowest BCUT2D eigenvalue weighted by Crippen LogP contribution is -2.14. The second kappa shape index (κ2) is 5.70. The maximum atomic E-state index is 12.7. The minimum atomic E-state index is -0.0625. The van der Waals surface area contributed by atoms with E-state index in [0.717, 1.165) is 5.56 Å². The Labute approximate surface area is 127 Å². The number of hydrogen-bond donors (Lipinski definition) is 1. The number of halogens is 1. The number of rotatable bonds is 3.